The number of nitrogens with zero attached hydrogens (tertiary/aromatic N) is 2. The zero-order chi connectivity index (χ0) is 17.8. The van der Waals surface area contributed by atoms with Crippen LogP contribution in [0.5, 0.6) is 5.75 Å². The Morgan fingerprint density at radius 3 is 2.48 bits per heavy atom. The molecule has 0 spiro atoms. The Bertz CT molecular complexity index is 504. The minimum absolute atomic E-state index is 0. The lowest BCUT2D eigenvalue weighted by molar-refractivity contribution is 0.313. The Hall–Kier alpha value is -1.02. The molecular formula is C19H35IN4O. The van der Waals surface area contributed by atoms with Crippen LogP contribution in [-0.4, -0.2) is 57.2 Å². The lowest BCUT2D eigenvalue weighted by Gasteiger charge is -2.17. The first-order chi connectivity index (χ1) is 11.6. The van der Waals surface area contributed by atoms with Crippen molar-refractivity contribution >= 4 is 29.9 Å². The number of halogens is 1. The summed E-state index contributed by atoms with van der Waals surface area (Å²) in [5.41, 5.74) is 2.48. The van der Waals surface area contributed by atoms with E-state index in [0.717, 1.165) is 57.4 Å². The van der Waals surface area contributed by atoms with Crippen LogP contribution < -0.4 is 15.4 Å². The Morgan fingerprint density at radius 1 is 1.16 bits per heavy atom. The average Bonchev–Trinajstić information content (AvgIpc) is 2.59. The van der Waals surface area contributed by atoms with Crippen molar-refractivity contribution in [2.45, 2.75) is 34.1 Å². The number of aryl methyl sites for hydroxylation is 1. The van der Waals surface area contributed by atoms with Crippen LogP contribution in [0, 0.1) is 6.92 Å². The molecule has 1 aromatic carbocycles. The molecule has 0 aromatic heterocycles. The van der Waals surface area contributed by atoms with Gasteiger partial charge in [0.05, 0.1) is 13.7 Å². The summed E-state index contributed by atoms with van der Waals surface area (Å²) < 4.78 is 5.44. The number of benzene rings is 1. The van der Waals surface area contributed by atoms with Crippen molar-refractivity contribution in [1.29, 1.82) is 0 Å². The van der Waals surface area contributed by atoms with E-state index in [9.17, 15) is 0 Å². The predicted octanol–water partition coefficient (Wildman–Crippen LogP) is 3.06. The number of ether oxygens (including phenoxy) is 1. The number of nitrogens with one attached hydrogen (secondary N) is 2. The molecule has 0 heterocycles. The summed E-state index contributed by atoms with van der Waals surface area (Å²) in [6, 6.07) is 6.30. The van der Waals surface area contributed by atoms with E-state index in [-0.39, 0.29) is 24.0 Å². The van der Waals surface area contributed by atoms with Gasteiger partial charge in [-0.25, -0.2) is 0 Å². The Balaban J connectivity index is 0.00000576. The fourth-order valence-electron chi connectivity index (χ4n) is 2.60. The number of guanidine groups is 1. The number of hydrogen-bond acceptors (Lipinski definition) is 3. The van der Waals surface area contributed by atoms with Crippen LogP contribution >= 0.6 is 24.0 Å². The predicted molar refractivity (Wildman–Crippen MR) is 119 cm³/mol. The van der Waals surface area contributed by atoms with Crippen molar-refractivity contribution in [3.63, 3.8) is 0 Å². The fraction of sp³-hybridized carbons (Fsp3) is 0.632. The quantitative estimate of drug-likeness (QED) is 0.319. The van der Waals surface area contributed by atoms with Gasteiger partial charge >= 0.3 is 0 Å². The third-order valence-electron chi connectivity index (χ3n) is 4.05. The number of rotatable bonds is 10. The monoisotopic (exact) mass is 462 g/mol. The van der Waals surface area contributed by atoms with Gasteiger partial charge in [-0.15, -0.1) is 24.0 Å². The molecule has 0 saturated carbocycles. The fourth-order valence-corrected chi connectivity index (χ4v) is 2.60. The van der Waals surface area contributed by atoms with Gasteiger partial charge in [-0.1, -0.05) is 31.5 Å². The van der Waals surface area contributed by atoms with E-state index in [4.69, 9.17) is 4.74 Å². The van der Waals surface area contributed by atoms with Crippen molar-refractivity contribution in [1.82, 2.24) is 15.5 Å². The summed E-state index contributed by atoms with van der Waals surface area (Å²) in [4.78, 5) is 7.04. The molecule has 2 N–H and O–H groups in total. The van der Waals surface area contributed by atoms with Crippen LogP contribution in [-0.2, 0) is 6.42 Å². The van der Waals surface area contributed by atoms with E-state index in [2.05, 4.69) is 60.4 Å². The molecular weight excluding hydrogens is 427 g/mol. The third-order valence-corrected chi connectivity index (χ3v) is 4.05. The summed E-state index contributed by atoms with van der Waals surface area (Å²) in [5.74, 6) is 1.84. The first-order valence-corrected chi connectivity index (χ1v) is 9.02. The first-order valence-electron chi connectivity index (χ1n) is 9.02. The van der Waals surface area contributed by atoms with Crippen LogP contribution in [0.15, 0.2) is 23.2 Å². The van der Waals surface area contributed by atoms with E-state index in [1.165, 1.54) is 11.1 Å². The van der Waals surface area contributed by atoms with E-state index >= 15 is 0 Å². The second kappa shape index (κ2) is 14.2. The van der Waals surface area contributed by atoms with Gasteiger partial charge in [0.25, 0.3) is 0 Å². The second-order valence-corrected chi connectivity index (χ2v) is 5.78. The molecule has 25 heavy (non-hydrogen) atoms. The molecule has 1 rings (SSSR count). The average molecular weight is 462 g/mol. The SMILES string of the molecule is CCNC(=NCCN(CC)CC)NCCc1cc(C)ccc1OC.I. The van der Waals surface area contributed by atoms with Crippen molar-refractivity contribution in [2.75, 3.05) is 46.4 Å². The molecule has 0 saturated heterocycles. The molecule has 0 fully saturated rings. The summed E-state index contributed by atoms with van der Waals surface area (Å²) >= 11 is 0. The van der Waals surface area contributed by atoms with Crippen LogP contribution in [0.4, 0.5) is 0 Å². The molecule has 0 atom stereocenters. The second-order valence-electron chi connectivity index (χ2n) is 5.78. The molecule has 6 heteroatoms. The summed E-state index contributed by atoms with van der Waals surface area (Å²) in [6.45, 7) is 14.2. The van der Waals surface area contributed by atoms with Gasteiger partial charge in [-0.05, 0) is 45.0 Å². The van der Waals surface area contributed by atoms with Crippen molar-refractivity contribution in [3.05, 3.63) is 29.3 Å². The highest BCUT2D eigenvalue weighted by Gasteiger charge is 2.04. The normalized spacial score (nSPS) is 11.2. The third kappa shape index (κ3) is 9.30. The van der Waals surface area contributed by atoms with Crippen LogP contribution in [0.1, 0.15) is 31.9 Å². The topological polar surface area (TPSA) is 48.9 Å². The van der Waals surface area contributed by atoms with Crippen molar-refractivity contribution in [2.24, 2.45) is 4.99 Å². The van der Waals surface area contributed by atoms with E-state index in [1.807, 2.05) is 6.07 Å². The molecule has 5 nitrogen and oxygen atoms in total. The van der Waals surface area contributed by atoms with Gasteiger partial charge in [0, 0.05) is 19.6 Å². The number of hydrogen-bond donors (Lipinski definition) is 2. The van der Waals surface area contributed by atoms with Gasteiger partial charge in [0.15, 0.2) is 5.96 Å². The molecule has 144 valence electrons. The smallest absolute Gasteiger partial charge is 0.191 e. The molecule has 0 radical (unpaired) electrons. The van der Waals surface area contributed by atoms with Gasteiger partial charge in [0.2, 0.25) is 0 Å². The minimum atomic E-state index is 0. The number of aliphatic imine (C=N–C) groups is 1. The molecule has 0 amide bonds. The lowest BCUT2D eigenvalue weighted by atomic mass is 10.1. The maximum absolute atomic E-state index is 5.44. The first kappa shape index (κ1) is 24.0. The largest absolute Gasteiger partial charge is 0.496 e. The Kier molecular flexibility index (Phi) is 13.6. The van der Waals surface area contributed by atoms with Gasteiger partial charge in [0.1, 0.15) is 5.75 Å². The highest BCUT2D eigenvalue weighted by Crippen LogP contribution is 2.19. The van der Waals surface area contributed by atoms with Crippen LogP contribution in [0.25, 0.3) is 0 Å². The summed E-state index contributed by atoms with van der Waals surface area (Å²) in [7, 11) is 1.72. The van der Waals surface area contributed by atoms with E-state index < -0.39 is 0 Å². The van der Waals surface area contributed by atoms with Crippen molar-refractivity contribution < 1.29 is 4.74 Å². The van der Waals surface area contributed by atoms with Gasteiger partial charge < -0.3 is 20.3 Å². The highest BCUT2D eigenvalue weighted by atomic mass is 127. The maximum Gasteiger partial charge on any atom is 0.191 e. The Morgan fingerprint density at radius 2 is 1.88 bits per heavy atom. The van der Waals surface area contributed by atoms with Gasteiger partial charge in [-0.2, -0.15) is 0 Å². The molecule has 0 unspecified atom stereocenters. The molecule has 0 aliphatic heterocycles. The zero-order valence-electron chi connectivity index (χ0n) is 16.4. The maximum atomic E-state index is 5.44. The van der Waals surface area contributed by atoms with E-state index in [0.29, 0.717) is 0 Å². The summed E-state index contributed by atoms with van der Waals surface area (Å²) in [6.07, 6.45) is 0.908. The van der Waals surface area contributed by atoms with Crippen molar-refractivity contribution in [3.8, 4) is 5.75 Å². The molecule has 0 aliphatic rings. The number of methoxy groups -OCH3 is 1. The van der Waals surface area contributed by atoms with E-state index in [1.54, 1.807) is 7.11 Å². The summed E-state index contributed by atoms with van der Waals surface area (Å²) in [5, 5.41) is 6.72. The van der Waals surface area contributed by atoms with Crippen LogP contribution in [0.3, 0.4) is 0 Å². The molecule has 1 aromatic rings. The number of likely N-dealkylation sites (N-methyl/N-ethyl adjacent to an activating group) is 1. The van der Waals surface area contributed by atoms with Gasteiger partial charge in [-0.3, -0.25) is 4.99 Å². The lowest BCUT2D eigenvalue weighted by Crippen LogP contribution is -2.39. The zero-order valence-corrected chi connectivity index (χ0v) is 18.7. The standard InChI is InChI=1S/C19H34N4O.HI/c1-6-20-19(22-13-14-23(7-2)8-3)21-12-11-17-15-16(4)9-10-18(17)24-5;/h9-10,15H,6-8,11-14H2,1-5H3,(H2,20,21,22);1H. The Labute approximate surface area is 170 Å². The van der Waals surface area contributed by atoms with Crippen LogP contribution in [0.2, 0.25) is 0 Å². The highest BCUT2D eigenvalue weighted by molar-refractivity contribution is 14.0. The molecule has 0 aliphatic carbocycles. The minimum Gasteiger partial charge on any atom is -0.496 e. The molecule has 0 bridgehead atoms.